The molecule has 94 valence electrons. The fraction of sp³-hybridized carbons (Fsp3) is 0.462. The summed E-state index contributed by atoms with van der Waals surface area (Å²) in [6.07, 6.45) is 0. The molecular weight excluding hydrogens is 344 g/mol. The van der Waals surface area contributed by atoms with Crippen LogP contribution in [0.5, 0.6) is 0 Å². The molecule has 2 nitrogen and oxygen atoms in total. The Balaban J connectivity index is 0.000000771. The SMILES string of the molecule is [CH2-]c1cccc(B2OC(C)(C)C(C)(C)O2)c1.[Zn+][Br]. The molecule has 0 amide bonds. The van der Waals surface area contributed by atoms with Crippen LogP contribution in [0.1, 0.15) is 33.3 Å². The second-order valence-electron chi connectivity index (χ2n) is 5.33. The first-order valence-corrected chi connectivity index (χ1v) is 12.8. The van der Waals surface area contributed by atoms with Crippen LogP contribution in [0.4, 0.5) is 0 Å². The summed E-state index contributed by atoms with van der Waals surface area (Å²) in [4.78, 5) is 0. The Kier molecular flexibility index (Phi) is 5.49. The van der Waals surface area contributed by atoms with Gasteiger partial charge in [0.15, 0.2) is 0 Å². The van der Waals surface area contributed by atoms with Crippen LogP contribution in [0, 0.1) is 6.92 Å². The first kappa shape index (κ1) is 16.2. The van der Waals surface area contributed by atoms with Crippen molar-refractivity contribution in [2.75, 3.05) is 0 Å². The quantitative estimate of drug-likeness (QED) is 0.565. The van der Waals surface area contributed by atoms with E-state index in [4.69, 9.17) is 9.31 Å². The minimum absolute atomic E-state index is 0.283. The Labute approximate surface area is 127 Å². The van der Waals surface area contributed by atoms with Gasteiger partial charge in [0.2, 0.25) is 0 Å². The van der Waals surface area contributed by atoms with Crippen LogP contribution in [0.2, 0.25) is 0 Å². The van der Waals surface area contributed by atoms with E-state index < -0.39 is 0 Å². The molecule has 18 heavy (non-hydrogen) atoms. The van der Waals surface area contributed by atoms with Crippen LogP contribution in [-0.4, -0.2) is 18.3 Å². The summed E-state index contributed by atoms with van der Waals surface area (Å²) in [5, 5.41) is 0. The molecule has 0 unspecified atom stereocenters. The molecule has 0 aliphatic carbocycles. The summed E-state index contributed by atoms with van der Waals surface area (Å²) >= 11 is 4.25. The Morgan fingerprint density at radius 2 is 1.61 bits per heavy atom. The fourth-order valence-electron chi connectivity index (χ4n) is 1.72. The summed E-state index contributed by atoms with van der Waals surface area (Å²) in [7, 11) is -0.285. The normalized spacial score (nSPS) is 20.3. The van der Waals surface area contributed by atoms with Crippen LogP contribution in [0.25, 0.3) is 0 Å². The molecule has 0 N–H and O–H groups in total. The standard InChI is InChI=1S/C13H18BO2.BrH.Zn/c1-10-7-6-8-11(9-10)14-15-12(2,3)13(4,5)16-14;;/h6-9H,1H2,2-5H3;1H;/q-1;;+2/p-1. The van der Waals surface area contributed by atoms with Gasteiger partial charge < -0.3 is 9.31 Å². The van der Waals surface area contributed by atoms with Crippen LogP contribution in [-0.2, 0) is 25.7 Å². The Morgan fingerprint density at radius 1 is 1.11 bits per heavy atom. The average molecular weight is 362 g/mol. The van der Waals surface area contributed by atoms with Crippen molar-refractivity contribution in [3.8, 4) is 0 Å². The van der Waals surface area contributed by atoms with E-state index in [2.05, 4.69) is 48.2 Å². The third-order valence-corrected chi connectivity index (χ3v) is 3.48. The van der Waals surface area contributed by atoms with Crippen molar-refractivity contribution in [3.63, 3.8) is 0 Å². The van der Waals surface area contributed by atoms with Crippen molar-refractivity contribution in [2.45, 2.75) is 38.9 Å². The molecule has 1 fully saturated rings. The van der Waals surface area contributed by atoms with E-state index in [-0.39, 0.29) is 18.3 Å². The number of halogens is 1. The zero-order valence-corrected chi connectivity index (χ0v) is 16.0. The van der Waals surface area contributed by atoms with Gasteiger partial charge in [0.05, 0.1) is 11.2 Å². The van der Waals surface area contributed by atoms with Crippen LogP contribution in [0.3, 0.4) is 0 Å². The maximum atomic E-state index is 5.96. The molecule has 1 aromatic rings. The molecule has 0 saturated carbocycles. The van der Waals surface area contributed by atoms with E-state index in [1.54, 1.807) is 0 Å². The number of benzene rings is 1. The predicted molar refractivity (Wildman–Crippen MR) is 75.5 cm³/mol. The molecule has 1 aromatic carbocycles. The van der Waals surface area contributed by atoms with Gasteiger partial charge in [-0.1, -0.05) is 11.5 Å². The third-order valence-electron chi connectivity index (χ3n) is 3.48. The van der Waals surface area contributed by atoms with Crippen molar-refractivity contribution in [3.05, 3.63) is 36.8 Å². The van der Waals surface area contributed by atoms with Crippen molar-refractivity contribution < 1.29 is 25.7 Å². The molecule has 0 radical (unpaired) electrons. The van der Waals surface area contributed by atoms with Crippen LogP contribution < -0.4 is 5.46 Å². The number of hydrogen-bond acceptors (Lipinski definition) is 2. The summed E-state index contributed by atoms with van der Waals surface area (Å²) in [6, 6.07) is 7.95. The molecular formula is C13H18BBrO2Zn. The van der Waals surface area contributed by atoms with E-state index >= 15 is 0 Å². The predicted octanol–water partition coefficient (Wildman–Crippen LogP) is 3.01. The fourth-order valence-corrected chi connectivity index (χ4v) is 1.72. The summed E-state index contributed by atoms with van der Waals surface area (Å²) in [6.45, 7) is 12.1. The number of rotatable bonds is 1. The van der Waals surface area contributed by atoms with Crippen LogP contribution in [0.15, 0.2) is 24.3 Å². The molecule has 0 spiro atoms. The van der Waals surface area contributed by atoms with E-state index in [9.17, 15) is 0 Å². The molecule has 0 aromatic heterocycles. The molecule has 1 saturated heterocycles. The molecule has 5 heteroatoms. The maximum absolute atomic E-state index is 5.96. The monoisotopic (exact) mass is 360 g/mol. The molecule has 1 heterocycles. The first-order chi connectivity index (χ1) is 8.32. The van der Waals surface area contributed by atoms with Crippen molar-refractivity contribution >= 4 is 26.2 Å². The van der Waals surface area contributed by atoms with E-state index in [1.165, 1.54) is 16.3 Å². The zero-order valence-electron chi connectivity index (χ0n) is 11.5. The average Bonchev–Trinajstić information content (AvgIpc) is 2.51. The van der Waals surface area contributed by atoms with Gasteiger partial charge in [-0.25, -0.2) is 0 Å². The van der Waals surface area contributed by atoms with Crippen molar-refractivity contribution in [1.82, 2.24) is 0 Å². The van der Waals surface area contributed by atoms with Crippen molar-refractivity contribution in [2.24, 2.45) is 0 Å². The van der Waals surface area contributed by atoms with E-state index in [1.807, 2.05) is 24.3 Å². The molecule has 0 bridgehead atoms. The third kappa shape index (κ3) is 3.39. The molecule has 1 aliphatic heterocycles. The molecule has 2 rings (SSSR count). The van der Waals surface area contributed by atoms with Crippen molar-refractivity contribution in [1.29, 1.82) is 0 Å². The first-order valence-electron chi connectivity index (χ1n) is 5.86. The van der Waals surface area contributed by atoms with Crippen LogP contribution >= 0.6 is 13.6 Å². The molecule has 0 atom stereocenters. The van der Waals surface area contributed by atoms with Gasteiger partial charge >= 0.3 is 37.1 Å². The van der Waals surface area contributed by atoms with Gasteiger partial charge in [-0.3, -0.25) is 0 Å². The number of hydrogen-bond donors (Lipinski definition) is 0. The minimum atomic E-state index is -0.285. The van der Waals surface area contributed by atoms with E-state index in [0.29, 0.717) is 0 Å². The Hall–Kier alpha value is 0.178. The Bertz CT molecular complexity index is 394. The topological polar surface area (TPSA) is 18.5 Å². The second-order valence-corrected chi connectivity index (χ2v) is 5.33. The van der Waals surface area contributed by atoms with Gasteiger partial charge in [0.25, 0.3) is 0 Å². The molecule has 1 aliphatic rings. The van der Waals surface area contributed by atoms with Gasteiger partial charge in [-0.2, -0.15) is 24.6 Å². The van der Waals surface area contributed by atoms with Gasteiger partial charge in [0, 0.05) is 0 Å². The second kappa shape index (κ2) is 6.09. The van der Waals surface area contributed by atoms with E-state index in [0.717, 1.165) is 11.0 Å². The Morgan fingerprint density at radius 3 is 2.06 bits per heavy atom. The van der Waals surface area contributed by atoms with Gasteiger partial charge in [-0.05, 0) is 27.7 Å². The summed E-state index contributed by atoms with van der Waals surface area (Å²) in [5.41, 5.74) is 1.45. The van der Waals surface area contributed by atoms with Gasteiger partial charge in [-0.15, -0.1) is 6.07 Å². The van der Waals surface area contributed by atoms with Gasteiger partial charge in [0.1, 0.15) is 0 Å². The summed E-state index contributed by atoms with van der Waals surface area (Å²) < 4.78 is 11.9. The summed E-state index contributed by atoms with van der Waals surface area (Å²) in [5.74, 6) is 0. The zero-order chi connectivity index (χ0) is 14.0.